The van der Waals surface area contributed by atoms with Crippen molar-refractivity contribution in [3.8, 4) is 0 Å². The van der Waals surface area contributed by atoms with Gasteiger partial charge in [-0.3, -0.25) is 24.2 Å². The first-order valence-electron chi connectivity index (χ1n) is 12.3. The van der Waals surface area contributed by atoms with Crippen LogP contribution in [-0.2, 0) is 30.4 Å². The zero-order chi connectivity index (χ0) is 29.8. The lowest BCUT2D eigenvalue weighted by atomic mass is 10.0. The molecule has 16 heteroatoms. The first kappa shape index (κ1) is 31.9. The number of fused-ring (bicyclic) bond motifs is 1. The Bertz CT molecular complexity index is 1250. The van der Waals surface area contributed by atoms with Gasteiger partial charge in [0.1, 0.15) is 18.1 Å². The highest BCUT2D eigenvalue weighted by Gasteiger charge is 2.31. The van der Waals surface area contributed by atoms with E-state index in [0.29, 0.717) is 5.56 Å². The molecule has 0 bridgehead atoms. The Kier molecular flexibility index (Phi) is 12.2. The number of aromatic amines is 1. The molecule has 13 N–H and O–H groups in total. The molecule has 1 aromatic carbocycles. The van der Waals surface area contributed by atoms with E-state index in [2.05, 4.69) is 38.6 Å². The van der Waals surface area contributed by atoms with Crippen LogP contribution in [0.15, 0.2) is 35.5 Å². The maximum absolute atomic E-state index is 13.4. The lowest BCUT2D eigenvalue weighted by Gasteiger charge is -2.25. The van der Waals surface area contributed by atoms with Crippen molar-refractivity contribution < 1.29 is 29.1 Å². The standard InChI is InChI=1S/C24H35N9O6S/c25-14(9-19(26)34)20(35)31-16(6-3-7-29-24(27)28)21(36)32-17(22(37)33-18(11-40)23(38)39)8-12-10-30-15-5-2-1-4-13(12)15/h1-2,4-5,10,14,16-18,30,40H,3,6-9,11,25H2,(H2,26,34)(H,31,35)(H,32,36)(H,33,37)(H,38,39)(H4,27,28,29). The summed E-state index contributed by atoms with van der Waals surface area (Å²) in [7, 11) is 0. The number of guanidine groups is 1. The van der Waals surface area contributed by atoms with Gasteiger partial charge < -0.3 is 49.0 Å². The fourth-order valence-corrected chi connectivity index (χ4v) is 4.07. The first-order valence-corrected chi connectivity index (χ1v) is 12.9. The van der Waals surface area contributed by atoms with Crippen LogP contribution < -0.4 is 38.9 Å². The molecule has 4 unspecified atom stereocenters. The Labute approximate surface area is 235 Å². The van der Waals surface area contributed by atoms with Gasteiger partial charge in [0.2, 0.25) is 23.6 Å². The number of nitrogens with two attached hydrogens (primary N) is 4. The van der Waals surface area contributed by atoms with Crippen LogP contribution in [0.5, 0.6) is 0 Å². The molecule has 1 aromatic heterocycles. The Hall–Kier alpha value is -4.31. The molecule has 15 nitrogen and oxygen atoms in total. The van der Waals surface area contributed by atoms with Crippen LogP contribution in [-0.4, -0.2) is 82.1 Å². The largest absolute Gasteiger partial charge is 0.480 e. The number of carboxylic acid groups (broad SMARTS) is 1. The number of thiol groups is 1. The minimum absolute atomic E-state index is 0.00362. The molecule has 0 fully saturated rings. The van der Waals surface area contributed by atoms with Crippen LogP contribution in [0.25, 0.3) is 10.9 Å². The van der Waals surface area contributed by atoms with E-state index in [9.17, 15) is 29.1 Å². The molecule has 2 rings (SSSR count). The molecule has 0 aliphatic heterocycles. The van der Waals surface area contributed by atoms with Crippen LogP contribution in [0, 0.1) is 0 Å². The number of nitrogens with zero attached hydrogens (tertiary/aromatic N) is 1. The zero-order valence-corrected chi connectivity index (χ0v) is 22.5. The number of nitrogens with one attached hydrogen (secondary N) is 4. The highest BCUT2D eigenvalue weighted by Crippen LogP contribution is 2.19. The van der Waals surface area contributed by atoms with Gasteiger partial charge in [-0.2, -0.15) is 12.6 Å². The monoisotopic (exact) mass is 577 g/mol. The maximum Gasteiger partial charge on any atom is 0.327 e. The van der Waals surface area contributed by atoms with Crippen molar-refractivity contribution >= 4 is 59.1 Å². The topological polar surface area (TPSA) is 274 Å². The molecule has 40 heavy (non-hydrogen) atoms. The van der Waals surface area contributed by atoms with Crippen molar-refractivity contribution in [2.24, 2.45) is 27.9 Å². The van der Waals surface area contributed by atoms with Gasteiger partial charge in [0.15, 0.2) is 5.96 Å². The van der Waals surface area contributed by atoms with E-state index in [4.69, 9.17) is 22.9 Å². The molecule has 4 amide bonds. The molecule has 0 saturated carbocycles. The molecular formula is C24H35N9O6S. The van der Waals surface area contributed by atoms with E-state index in [0.717, 1.165) is 10.9 Å². The molecule has 0 spiro atoms. The number of primary amides is 1. The molecule has 0 aliphatic rings. The van der Waals surface area contributed by atoms with Crippen molar-refractivity contribution in [3.63, 3.8) is 0 Å². The Morgan fingerprint density at radius 3 is 2.20 bits per heavy atom. The summed E-state index contributed by atoms with van der Waals surface area (Å²) in [5.41, 5.74) is 23.0. The fourth-order valence-electron chi connectivity index (χ4n) is 3.82. The summed E-state index contributed by atoms with van der Waals surface area (Å²) in [4.78, 5) is 68.7. The van der Waals surface area contributed by atoms with Crippen molar-refractivity contribution in [1.29, 1.82) is 0 Å². The minimum Gasteiger partial charge on any atom is -0.480 e. The van der Waals surface area contributed by atoms with Gasteiger partial charge in [-0.1, -0.05) is 18.2 Å². The van der Waals surface area contributed by atoms with Crippen LogP contribution >= 0.6 is 12.6 Å². The van der Waals surface area contributed by atoms with Gasteiger partial charge in [-0.15, -0.1) is 0 Å². The van der Waals surface area contributed by atoms with E-state index < -0.39 is 60.2 Å². The first-order chi connectivity index (χ1) is 18.9. The summed E-state index contributed by atoms with van der Waals surface area (Å²) in [6.45, 7) is 0.150. The Morgan fingerprint density at radius 1 is 0.950 bits per heavy atom. The number of amides is 4. The number of carboxylic acids is 1. The van der Waals surface area contributed by atoms with E-state index in [1.165, 1.54) is 0 Å². The summed E-state index contributed by atoms with van der Waals surface area (Å²) in [5.74, 6) is -4.76. The summed E-state index contributed by atoms with van der Waals surface area (Å²) in [6, 6.07) is 2.28. The number of carbonyl (C=O) groups is 5. The second-order valence-electron chi connectivity index (χ2n) is 8.99. The molecular weight excluding hydrogens is 542 g/mol. The number of aromatic nitrogens is 1. The normalized spacial score (nSPS) is 13.8. The van der Waals surface area contributed by atoms with Crippen LogP contribution in [0.4, 0.5) is 0 Å². The highest BCUT2D eigenvalue weighted by atomic mass is 32.1. The van der Waals surface area contributed by atoms with E-state index in [1.54, 1.807) is 6.20 Å². The van der Waals surface area contributed by atoms with Crippen LogP contribution in [0.2, 0.25) is 0 Å². The van der Waals surface area contributed by atoms with Gasteiger partial charge in [0, 0.05) is 35.8 Å². The second-order valence-corrected chi connectivity index (χ2v) is 9.36. The van der Waals surface area contributed by atoms with Crippen molar-refractivity contribution in [2.75, 3.05) is 12.3 Å². The quantitative estimate of drug-likeness (QED) is 0.0434. The van der Waals surface area contributed by atoms with E-state index in [-0.39, 0.29) is 37.5 Å². The third-order valence-corrected chi connectivity index (χ3v) is 6.23. The Balaban J connectivity index is 2.31. The number of para-hydroxylation sites is 1. The number of hydrogen-bond donors (Lipinski definition) is 10. The van der Waals surface area contributed by atoms with E-state index in [1.807, 2.05) is 24.3 Å². The third kappa shape index (κ3) is 9.77. The minimum atomic E-state index is -1.31. The fraction of sp³-hybridized carbons (Fsp3) is 0.417. The van der Waals surface area contributed by atoms with Gasteiger partial charge in [-0.25, -0.2) is 4.79 Å². The molecule has 0 saturated heterocycles. The number of H-pyrrole nitrogens is 1. The predicted molar refractivity (Wildman–Crippen MR) is 151 cm³/mol. The van der Waals surface area contributed by atoms with Gasteiger partial charge in [0.05, 0.1) is 12.5 Å². The van der Waals surface area contributed by atoms with Crippen molar-refractivity contribution in [2.45, 2.75) is 49.9 Å². The average molecular weight is 578 g/mol. The average Bonchev–Trinajstić information content (AvgIpc) is 3.30. The molecule has 1 heterocycles. The summed E-state index contributed by atoms with van der Waals surface area (Å²) in [6.07, 6.45) is 1.55. The Morgan fingerprint density at radius 2 is 1.57 bits per heavy atom. The number of benzene rings is 1. The van der Waals surface area contributed by atoms with Crippen LogP contribution in [0.1, 0.15) is 24.8 Å². The molecule has 0 radical (unpaired) electrons. The number of rotatable bonds is 16. The number of hydrogen-bond acceptors (Lipinski definition) is 8. The smallest absolute Gasteiger partial charge is 0.327 e. The lowest BCUT2D eigenvalue weighted by Crippen LogP contribution is -2.58. The molecule has 218 valence electrons. The third-order valence-electron chi connectivity index (χ3n) is 5.87. The molecule has 2 aromatic rings. The predicted octanol–water partition coefficient (Wildman–Crippen LogP) is -2.56. The summed E-state index contributed by atoms with van der Waals surface area (Å²) in [5, 5.41) is 17.6. The molecule has 0 aliphatic carbocycles. The van der Waals surface area contributed by atoms with Crippen molar-refractivity contribution in [1.82, 2.24) is 20.9 Å². The molecule has 4 atom stereocenters. The lowest BCUT2D eigenvalue weighted by molar-refractivity contribution is -0.141. The highest BCUT2D eigenvalue weighted by molar-refractivity contribution is 7.80. The van der Waals surface area contributed by atoms with Gasteiger partial charge >= 0.3 is 5.97 Å². The summed E-state index contributed by atoms with van der Waals surface area (Å²) >= 11 is 3.97. The zero-order valence-electron chi connectivity index (χ0n) is 21.6. The second kappa shape index (κ2) is 15.3. The van der Waals surface area contributed by atoms with Crippen LogP contribution in [0.3, 0.4) is 0 Å². The maximum atomic E-state index is 13.4. The number of aliphatic carboxylic acids is 1. The van der Waals surface area contributed by atoms with Crippen molar-refractivity contribution in [3.05, 3.63) is 36.0 Å². The SMILES string of the molecule is NC(=O)CC(N)C(=O)NC(CCCN=C(N)N)C(=O)NC(Cc1c[nH]c2ccccc12)C(=O)NC(CS)C(=O)O. The van der Waals surface area contributed by atoms with Gasteiger partial charge in [-0.05, 0) is 24.5 Å². The van der Waals surface area contributed by atoms with E-state index >= 15 is 0 Å². The number of aliphatic imine (C=N–C) groups is 1. The number of carbonyl (C=O) groups excluding carboxylic acids is 4. The summed E-state index contributed by atoms with van der Waals surface area (Å²) < 4.78 is 0. The van der Waals surface area contributed by atoms with Gasteiger partial charge in [0.25, 0.3) is 0 Å².